The Kier molecular flexibility index (Phi) is 5.25. The molecule has 5 aliphatic rings. The van der Waals surface area contributed by atoms with Gasteiger partial charge in [0.25, 0.3) is 0 Å². The maximum absolute atomic E-state index is 13.1. The fourth-order valence-electron chi connectivity index (χ4n) is 10.8. The molecule has 0 radical (unpaired) electrons. The third kappa shape index (κ3) is 2.83. The second-order valence-electron chi connectivity index (χ2n) is 14.7. The highest BCUT2D eigenvalue weighted by atomic mass is 16.4. The lowest BCUT2D eigenvalue weighted by atomic mass is 9.33. The summed E-state index contributed by atoms with van der Waals surface area (Å²) in [7, 11) is 0. The number of ketones is 1. The third-order valence-electron chi connectivity index (χ3n) is 13.2. The second-order valence-corrected chi connectivity index (χ2v) is 14.7. The number of aliphatic hydroxyl groups excluding tert-OH is 1. The smallest absolute Gasteiger partial charge is 0.310 e. The molecule has 10 atom stereocenters. The van der Waals surface area contributed by atoms with Crippen LogP contribution < -0.4 is 0 Å². The zero-order valence-corrected chi connectivity index (χ0v) is 22.8. The summed E-state index contributed by atoms with van der Waals surface area (Å²) in [4.78, 5) is 25.9. The minimum absolute atomic E-state index is 0.0319. The van der Waals surface area contributed by atoms with Crippen molar-refractivity contribution in [2.24, 2.45) is 50.7 Å². The molecule has 3 N–H and O–H groups in total. The third-order valence-corrected chi connectivity index (χ3v) is 13.2. The van der Waals surface area contributed by atoms with E-state index in [1.807, 2.05) is 6.92 Å². The van der Waals surface area contributed by atoms with Crippen LogP contribution in [0.3, 0.4) is 0 Å². The molecule has 0 unspecified atom stereocenters. The number of carboxylic acids is 1. The van der Waals surface area contributed by atoms with Crippen LogP contribution in [-0.4, -0.2) is 38.8 Å². The molecular weight excluding hydrogens is 440 g/mol. The lowest BCUT2D eigenvalue weighted by Gasteiger charge is -2.71. The quantitative estimate of drug-likeness (QED) is 0.432. The van der Waals surface area contributed by atoms with Gasteiger partial charge in [-0.1, -0.05) is 53.2 Å². The molecule has 0 aliphatic heterocycles. The maximum atomic E-state index is 13.1. The van der Waals surface area contributed by atoms with Gasteiger partial charge in [0.15, 0.2) is 5.78 Å². The SMILES string of the molecule is C[C@H]1CC[C@]2(C(=O)O)CC[C@]3(C)C(=CC[C@H]4[C@@]5(C)CC(=O)[C@H](O)C(C)(C)[C@@H]5CC[C@@]43C)[C@@H]2[C@@]1(C)O. The first-order valence-electron chi connectivity index (χ1n) is 13.9. The highest BCUT2D eigenvalue weighted by molar-refractivity contribution is 5.85. The summed E-state index contributed by atoms with van der Waals surface area (Å²) in [5.74, 6) is -0.588. The van der Waals surface area contributed by atoms with Gasteiger partial charge in [-0.15, -0.1) is 0 Å². The average Bonchev–Trinajstić information content (AvgIpc) is 2.75. The molecule has 0 heterocycles. The predicted octanol–water partition coefficient (Wildman–Crippen LogP) is 5.38. The molecule has 0 bridgehead atoms. The van der Waals surface area contributed by atoms with Gasteiger partial charge in [-0.3, -0.25) is 9.59 Å². The van der Waals surface area contributed by atoms with Crippen LogP contribution in [0, 0.1) is 50.7 Å². The fraction of sp³-hybridized carbons (Fsp3) is 0.867. The van der Waals surface area contributed by atoms with Crippen LogP contribution in [0.2, 0.25) is 0 Å². The highest BCUT2D eigenvalue weighted by Gasteiger charge is 2.71. The van der Waals surface area contributed by atoms with Gasteiger partial charge in [-0.2, -0.15) is 0 Å². The largest absolute Gasteiger partial charge is 0.481 e. The van der Waals surface area contributed by atoms with Crippen LogP contribution in [0.4, 0.5) is 0 Å². The Morgan fingerprint density at radius 3 is 2.26 bits per heavy atom. The predicted molar refractivity (Wildman–Crippen MR) is 134 cm³/mol. The fourth-order valence-corrected chi connectivity index (χ4v) is 10.8. The summed E-state index contributed by atoms with van der Waals surface area (Å²) < 4.78 is 0. The van der Waals surface area contributed by atoms with Crippen molar-refractivity contribution in [2.75, 3.05) is 0 Å². The van der Waals surface area contributed by atoms with Crippen LogP contribution in [-0.2, 0) is 9.59 Å². The standard InChI is InChI=1S/C30H46O5/c1-17-10-13-30(24(33)34)15-14-27(5)18(22(30)29(17,7)35)8-9-21-26(4)16-19(31)23(32)25(2,3)20(26)11-12-28(21,27)6/h8,17,20-23,32,35H,9-16H2,1-7H3,(H,33,34)/t17-,20-,21-,22+,23-,26-,27+,28-,29-,30-/m0/s1. The van der Waals surface area contributed by atoms with Crippen LogP contribution >= 0.6 is 0 Å². The van der Waals surface area contributed by atoms with E-state index in [0.717, 1.165) is 32.1 Å². The van der Waals surface area contributed by atoms with Crippen molar-refractivity contribution in [2.45, 2.75) is 112 Å². The zero-order valence-electron chi connectivity index (χ0n) is 22.8. The first kappa shape index (κ1) is 25.4. The van der Waals surface area contributed by atoms with Crippen molar-refractivity contribution in [3.63, 3.8) is 0 Å². The van der Waals surface area contributed by atoms with Gasteiger partial charge in [-0.05, 0) is 85.9 Å². The number of carbonyl (C=O) groups excluding carboxylic acids is 1. The Balaban J connectivity index is 1.65. The summed E-state index contributed by atoms with van der Waals surface area (Å²) in [6, 6.07) is 0. The molecule has 5 heteroatoms. The molecule has 0 aromatic carbocycles. The van der Waals surface area contributed by atoms with Crippen LogP contribution in [0.1, 0.15) is 99.8 Å². The molecule has 0 amide bonds. The van der Waals surface area contributed by atoms with Crippen LogP contribution in [0.15, 0.2) is 11.6 Å². The molecule has 196 valence electrons. The number of rotatable bonds is 1. The van der Waals surface area contributed by atoms with Gasteiger partial charge in [0.1, 0.15) is 6.10 Å². The molecular formula is C30H46O5. The van der Waals surface area contributed by atoms with Gasteiger partial charge in [0, 0.05) is 17.8 Å². The van der Waals surface area contributed by atoms with Crippen molar-refractivity contribution in [1.29, 1.82) is 0 Å². The molecule has 4 fully saturated rings. The Labute approximate surface area is 210 Å². The maximum Gasteiger partial charge on any atom is 0.310 e. The minimum atomic E-state index is -1.07. The molecule has 35 heavy (non-hydrogen) atoms. The van der Waals surface area contributed by atoms with Crippen molar-refractivity contribution in [3.05, 3.63) is 11.6 Å². The van der Waals surface area contributed by atoms with E-state index in [1.165, 1.54) is 5.57 Å². The molecule has 5 rings (SSSR count). The second kappa shape index (κ2) is 7.22. The molecule has 5 aliphatic carbocycles. The van der Waals surface area contributed by atoms with Crippen molar-refractivity contribution >= 4 is 11.8 Å². The number of fused-ring (bicyclic) bond motifs is 7. The Morgan fingerprint density at radius 1 is 0.971 bits per heavy atom. The van der Waals surface area contributed by atoms with E-state index in [-0.39, 0.29) is 45.7 Å². The Morgan fingerprint density at radius 2 is 1.63 bits per heavy atom. The normalized spacial score (nSPS) is 55.1. The van der Waals surface area contributed by atoms with Crippen LogP contribution in [0.25, 0.3) is 0 Å². The van der Waals surface area contributed by atoms with E-state index < -0.39 is 28.5 Å². The van der Waals surface area contributed by atoms with Crippen molar-refractivity contribution < 1.29 is 24.9 Å². The van der Waals surface area contributed by atoms with E-state index in [4.69, 9.17) is 0 Å². The van der Waals surface area contributed by atoms with Crippen molar-refractivity contribution in [1.82, 2.24) is 0 Å². The zero-order chi connectivity index (χ0) is 26.0. The molecule has 5 nitrogen and oxygen atoms in total. The Bertz CT molecular complexity index is 995. The number of aliphatic hydroxyl groups is 2. The molecule has 0 aromatic heterocycles. The summed E-state index contributed by atoms with van der Waals surface area (Å²) in [5.41, 5.74) is -1.78. The average molecular weight is 487 g/mol. The van der Waals surface area contributed by atoms with Gasteiger partial charge in [0.2, 0.25) is 0 Å². The Hall–Kier alpha value is -1.20. The number of hydrogen-bond donors (Lipinski definition) is 3. The minimum Gasteiger partial charge on any atom is -0.481 e. The lowest BCUT2D eigenvalue weighted by Crippen LogP contribution is -2.68. The number of hydrogen-bond acceptors (Lipinski definition) is 4. The van der Waals surface area contributed by atoms with E-state index in [1.54, 1.807) is 0 Å². The molecule has 0 spiro atoms. The van der Waals surface area contributed by atoms with Gasteiger partial charge in [-0.25, -0.2) is 0 Å². The van der Waals surface area contributed by atoms with Gasteiger partial charge < -0.3 is 15.3 Å². The summed E-state index contributed by atoms with van der Waals surface area (Å²) >= 11 is 0. The van der Waals surface area contributed by atoms with Gasteiger partial charge in [0.05, 0.1) is 11.0 Å². The summed E-state index contributed by atoms with van der Waals surface area (Å²) in [6.07, 6.45) is 7.35. The lowest BCUT2D eigenvalue weighted by molar-refractivity contribution is -0.215. The molecule has 4 saturated carbocycles. The number of aliphatic carboxylic acids is 1. The number of Topliss-reactive ketones (excluding diaryl/α,β-unsaturated/α-hetero) is 1. The van der Waals surface area contributed by atoms with E-state index in [9.17, 15) is 24.9 Å². The topological polar surface area (TPSA) is 94.8 Å². The highest BCUT2D eigenvalue weighted by Crippen LogP contribution is 2.75. The number of carbonyl (C=O) groups is 2. The summed E-state index contributed by atoms with van der Waals surface area (Å²) in [5, 5.41) is 33.2. The first-order valence-corrected chi connectivity index (χ1v) is 13.9. The van der Waals surface area contributed by atoms with E-state index in [2.05, 4.69) is 47.6 Å². The number of allylic oxidation sites excluding steroid dienone is 1. The molecule has 0 saturated heterocycles. The summed E-state index contributed by atoms with van der Waals surface area (Å²) in [6.45, 7) is 15.1. The molecule has 0 aromatic rings. The van der Waals surface area contributed by atoms with Crippen molar-refractivity contribution in [3.8, 4) is 0 Å². The van der Waals surface area contributed by atoms with E-state index >= 15 is 0 Å². The van der Waals surface area contributed by atoms with E-state index in [0.29, 0.717) is 19.3 Å². The van der Waals surface area contributed by atoms with Crippen LogP contribution in [0.5, 0.6) is 0 Å². The monoisotopic (exact) mass is 486 g/mol. The van der Waals surface area contributed by atoms with Gasteiger partial charge >= 0.3 is 5.97 Å². The first-order chi connectivity index (χ1) is 16.0. The number of carboxylic acid groups (broad SMARTS) is 1.